The van der Waals surface area contributed by atoms with Gasteiger partial charge in [0.1, 0.15) is 12.1 Å². The van der Waals surface area contributed by atoms with Gasteiger partial charge in [-0.1, -0.05) is 55.1 Å². The third-order valence-electron chi connectivity index (χ3n) is 6.99. The summed E-state index contributed by atoms with van der Waals surface area (Å²) in [6.07, 6.45) is 0.0504. The number of thioether (sulfide) groups is 1. The number of amidine groups is 1. The Morgan fingerprint density at radius 3 is 2.50 bits per heavy atom. The first-order valence-corrected chi connectivity index (χ1v) is 15.1. The second-order valence-corrected chi connectivity index (χ2v) is 11.2. The quantitative estimate of drug-likeness (QED) is 0.176. The van der Waals surface area contributed by atoms with Crippen LogP contribution in [0.5, 0.6) is 5.75 Å². The maximum atomic E-state index is 12.7. The Labute approximate surface area is 257 Å². The molecule has 0 N–H and O–H groups in total. The molecule has 4 aromatic rings. The zero-order valence-electron chi connectivity index (χ0n) is 24.2. The molecule has 0 saturated carbocycles. The van der Waals surface area contributed by atoms with Crippen LogP contribution in [-0.4, -0.2) is 43.9 Å². The van der Waals surface area contributed by atoms with Gasteiger partial charge in [0.25, 0.3) is 0 Å². The smallest absolute Gasteiger partial charge is 0.406 e. The number of hydrogen-bond donors (Lipinski definition) is 0. The number of anilines is 1. The third-order valence-corrected chi connectivity index (χ3v) is 7.92. The number of benzene rings is 3. The van der Waals surface area contributed by atoms with Gasteiger partial charge in [-0.2, -0.15) is 4.99 Å². The summed E-state index contributed by atoms with van der Waals surface area (Å²) in [6, 6.07) is 19.1. The molecule has 8 nitrogen and oxygen atoms in total. The molecule has 0 spiro atoms. The highest BCUT2D eigenvalue weighted by Gasteiger charge is 2.32. The Morgan fingerprint density at radius 1 is 1.05 bits per heavy atom. The molecule has 0 radical (unpaired) electrons. The van der Waals surface area contributed by atoms with Crippen molar-refractivity contribution in [2.45, 2.75) is 52.3 Å². The third kappa shape index (κ3) is 7.73. The normalized spacial score (nSPS) is 14.4. The van der Waals surface area contributed by atoms with E-state index in [2.05, 4.69) is 19.8 Å². The van der Waals surface area contributed by atoms with Gasteiger partial charge in [0.2, 0.25) is 11.8 Å². The van der Waals surface area contributed by atoms with E-state index in [1.807, 2.05) is 56.3 Å². The first-order valence-electron chi connectivity index (χ1n) is 14.1. The standard InChI is InChI=1S/C32H30F3N5O3S/c1-3-23-11-8-21(2)18-27(23)40-29(42)19-44-31(40)37-28(41)7-5-4-6-22-9-12-24(13-10-22)30-36-20-39(38-30)25-14-16-26(17-15-25)43-32(33,34)35/h8-18,20H,3-7,19H2,1-2H3. The van der Waals surface area contributed by atoms with E-state index >= 15 is 0 Å². The lowest BCUT2D eigenvalue weighted by atomic mass is 10.0. The molecule has 2 heterocycles. The minimum absolute atomic E-state index is 0.0686. The number of aryl methyl sites for hydroxylation is 3. The topological polar surface area (TPSA) is 89.7 Å². The Kier molecular flexibility index (Phi) is 9.48. The summed E-state index contributed by atoms with van der Waals surface area (Å²) >= 11 is 1.30. The zero-order chi connectivity index (χ0) is 31.3. The molecule has 228 valence electrons. The maximum absolute atomic E-state index is 12.7. The van der Waals surface area contributed by atoms with Crippen molar-refractivity contribution >= 4 is 34.4 Å². The lowest BCUT2D eigenvalue weighted by molar-refractivity contribution is -0.274. The number of carbonyl (C=O) groups excluding carboxylic acids is 2. The summed E-state index contributed by atoms with van der Waals surface area (Å²) in [5.41, 5.74) is 5.31. The zero-order valence-corrected chi connectivity index (χ0v) is 25.0. The number of halogens is 3. The minimum Gasteiger partial charge on any atom is -0.406 e. The van der Waals surface area contributed by atoms with Crippen molar-refractivity contribution in [2.24, 2.45) is 4.99 Å². The predicted molar refractivity (Wildman–Crippen MR) is 164 cm³/mol. The SMILES string of the molecule is CCc1ccc(C)cc1N1C(=O)CSC1=NC(=O)CCCCc1ccc(-c2ncn(-c3ccc(OC(F)(F)F)cc3)n2)cc1. The van der Waals surface area contributed by atoms with Gasteiger partial charge in [0, 0.05) is 12.0 Å². The van der Waals surface area contributed by atoms with Gasteiger partial charge in [-0.25, -0.2) is 9.67 Å². The van der Waals surface area contributed by atoms with E-state index in [9.17, 15) is 22.8 Å². The molecular formula is C32H30F3N5O3S. The van der Waals surface area contributed by atoms with Crippen LogP contribution in [0.25, 0.3) is 17.1 Å². The van der Waals surface area contributed by atoms with Crippen LogP contribution in [0.15, 0.2) is 78.0 Å². The van der Waals surface area contributed by atoms with E-state index in [1.165, 1.54) is 47.0 Å². The summed E-state index contributed by atoms with van der Waals surface area (Å²) in [4.78, 5) is 35.5. The fourth-order valence-corrected chi connectivity index (χ4v) is 5.65. The van der Waals surface area contributed by atoms with Crippen molar-refractivity contribution in [1.29, 1.82) is 0 Å². The molecule has 1 aromatic heterocycles. The second-order valence-electron chi connectivity index (χ2n) is 10.3. The lowest BCUT2D eigenvalue weighted by Gasteiger charge is -2.20. The molecular weight excluding hydrogens is 591 g/mol. The number of alkyl halides is 3. The first kappa shape index (κ1) is 31.0. The Morgan fingerprint density at radius 2 is 1.80 bits per heavy atom. The number of carbonyl (C=O) groups is 2. The van der Waals surface area contributed by atoms with E-state index in [1.54, 1.807) is 4.90 Å². The summed E-state index contributed by atoms with van der Waals surface area (Å²) in [5.74, 6) is 0.127. The molecule has 2 amide bonds. The largest absolute Gasteiger partial charge is 0.573 e. The molecule has 1 aliphatic rings. The van der Waals surface area contributed by atoms with Crippen molar-refractivity contribution < 1.29 is 27.5 Å². The summed E-state index contributed by atoms with van der Waals surface area (Å²) in [7, 11) is 0. The highest BCUT2D eigenvalue weighted by Crippen LogP contribution is 2.31. The summed E-state index contributed by atoms with van der Waals surface area (Å²) in [5, 5.41) is 4.87. The van der Waals surface area contributed by atoms with Gasteiger partial charge in [0.15, 0.2) is 11.0 Å². The number of aromatic nitrogens is 3. The molecule has 0 atom stereocenters. The van der Waals surface area contributed by atoms with Crippen LogP contribution >= 0.6 is 11.8 Å². The number of unbranched alkanes of at least 4 members (excludes halogenated alkanes) is 1. The van der Waals surface area contributed by atoms with Gasteiger partial charge in [-0.05, 0) is 79.6 Å². The average molecular weight is 622 g/mol. The van der Waals surface area contributed by atoms with Crippen LogP contribution < -0.4 is 9.64 Å². The number of rotatable bonds is 10. The van der Waals surface area contributed by atoms with Gasteiger partial charge >= 0.3 is 6.36 Å². The Hall–Kier alpha value is -4.45. The Balaban J connectivity index is 1.12. The van der Waals surface area contributed by atoms with Gasteiger partial charge in [0.05, 0.1) is 17.1 Å². The average Bonchev–Trinajstić information content (AvgIpc) is 3.62. The van der Waals surface area contributed by atoms with Crippen LogP contribution in [0, 0.1) is 6.92 Å². The van der Waals surface area contributed by atoms with Crippen LogP contribution in [0.1, 0.15) is 42.9 Å². The van der Waals surface area contributed by atoms with E-state index in [4.69, 9.17) is 0 Å². The van der Waals surface area contributed by atoms with Crippen LogP contribution in [0.2, 0.25) is 0 Å². The van der Waals surface area contributed by atoms with E-state index in [0.717, 1.165) is 47.2 Å². The van der Waals surface area contributed by atoms with Crippen molar-refractivity contribution in [3.05, 3.63) is 89.7 Å². The van der Waals surface area contributed by atoms with Gasteiger partial charge < -0.3 is 4.74 Å². The molecule has 1 aliphatic heterocycles. The molecule has 0 aliphatic carbocycles. The number of aliphatic imine (C=N–C) groups is 1. The van der Waals surface area contributed by atoms with Crippen molar-refractivity contribution in [1.82, 2.24) is 14.8 Å². The monoisotopic (exact) mass is 621 g/mol. The second kappa shape index (κ2) is 13.5. The molecule has 1 saturated heterocycles. The fraction of sp³-hybridized carbons (Fsp3) is 0.281. The molecule has 5 rings (SSSR count). The van der Waals surface area contributed by atoms with E-state index in [-0.39, 0.29) is 23.3 Å². The minimum atomic E-state index is -4.75. The number of nitrogens with zero attached hydrogens (tertiary/aromatic N) is 5. The molecule has 0 unspecified atom stereocenters. The van der Waals surface area contributed by atoms with Crippen molar-refractivity contribution in [3.8, 4) is 22.8 Å². The molecule has 0 bridgehead atoms. The van der Waals surface area contributed by atoms with Gasteiger partial charge in [-0.15, -0.1) is 18.3 Å². The Bertz CT molecular complexity index is 1670. The van der Waals surface area contributed by atoms with Gasteiger partial charge in [-0.3, -0.25) is 14.5 Å². The molecule has 44 heavy (non-hydrogen) atoms. The van der Waals surface area contributed by atoms with Crippen molar-refractivity contribution in [3.63, 3.8) is 0 Å². The summed E-state index contributed by atoms with van der Waals surface area (Å²) < 4.78 is 42.6. The van der Waals surface area contributed by atoms with Crippen LogP contribution in [0.4, 0.5) is 18.9 Å². The summed E-state index contributed by atoms with van der Waals surface area (Å²) in [6.45, 7) is 4.01. The molecule has 1 fully saturated rings. The molecule has 12 heteroatoms. The number of hydrogen-bond acceptors (Lipinski definition) is 6. The number of amides is 2. The predicted octanol–water partition coefficient (Wildman–Crippen LogP) is 7.08. The van der Waals surface area contributed by atoms with Crippen molar-refractivity contribution in [2.75, 3.05) is 10.7 Å². The first-order chi connectivity index (χ1) is 21.1. The van der Waals surface area contributed by atoms with Crippen LogP contribution in [-0.2, 0) is 22.4 Å². The molecule has 3 aromatic carbocycles. The fourth-order valence-electron chi connectivity index (χ4n) is 4.77. The van der Waals surface area contributed by atoms with E-state index < -0.39 is 6.36 Å². The number of ether oxygens (including phenoxy) is 1. The lowest BCUT2D eigenvalue weighted by Crippen LogP contribution is -2.30. The maximum Gasteiger partial charge on any atom is 0.573 e. The van der Waals surface area contributed by atoms with E-state index in [0.29, 0.717) is 29.5 Å². The highest BCUT2D eigenvalue weighted by atomic mass is 32.2. The van der Waals surface area contributed by atoms with Crippen LogP contribution in [0.3, 0.4) is 0 Å². The highest BCUT2D eigenvalue weighted by molar-refractivity contribution is 8.15.